The molecule has 0 amide bonds. The van der Waals surface area contributed by atoms with Crippen molar-refractivity contribution in [3.05, 3.63) is 23.9 Å². The zero-order chi connectivity index (χ0) is 15.3. The van der Waals surface area contributed by atoms with Crippen LogP contribution in [-0.2, 0) is 21.6 Å². The highest BCUT2D eigenvalue weighted by Crippen LogP contribution is 2.18. The Morgan fingerprint density at radius 1 is 1.50 bits per heavy atom. The summed E-state index contributed by atoms with van der Waals surface area (Å²) >= 11 is 0. The van der Waals surface area contributed by atoms with Crippen molar-refractivity contribution in [2.75, 3.05) is 12.4 Å². The molecule has 0 atom stereocenters. The number of hydrogen-bond donors (Lipinski definition) is 0. The van der Waals surface area contributed by atoms with Crippen LogP contribution in [0.25, 0.3) is 0 Å². The van der Waals surface area contributed by atoms with Gasteiger partial charge >= 0.3 is 5.97 Å². The molecule has 112 valence electrons. The van der Waals surface area contributed by atoms with Crippen molar-refractivity contribution < 1.29 is 26.7 Å². The molecule has 0 radical (unpaired) electrons. The fraction of sp³-hybridized carbons (Fsp3) is 0.455. The Morgan fingerprint density at radius 2 is 2.15 bits per heavy atom. The zero-order valence-electron chi connectivity index (χ0n) is 11.0. The lowest BCUT2D eigenvalue weighted by molar-refractivity contribution is 0.0521. The van der Waals surface area contributed by atoms with Crippen molar-refractivity contribution in [1.82, 2.24) is 9.78 Å². The number of allylic oxidation sites excluding steroid dienone is 1. The lowest BCUT2D eigenvalue weighted by Crippen LogP contribution is -2.16. The minimum atomic E-state index is -3.92. The Kier molecular flexibility index (Phi) is 5.37. The Balaban J connectivity index is 3.08. The van der Waals surface area contributed by atoms with E-state index in [9.17, 15) is 22.0 Å². The number of hydrogen-bond acceptors (Lipinski definition) is 5. The van der Waals surface area contributed by atoms with Crippen molar-refractivity contribution in [2.45, 2.75) is 18.4 Å². The maximum absolute atomic E-state index is 12.1. The van der Waals surface area contributed by atoms with Crippen molar-refractivity contribution in [2.24, 2.45) is 7.05 Å². The van der Waals surface area contributed by atoms with Crippen LogP contribution in [0.15, 0.2) is 23.4 Å². The number of carbonyl (C=O) groups excluding carboxylic acids is 1. The van der Waals surface area contributed by atoms with Crippen LogP contribution in [0.4, 0.5) is 8.78 Å². The SMILES string of the molecule is CCOC(=O)c1cnn(C)c1S(=O)(=O)CCC=C(F)F. The normalized spacial score (nSPS) is 11.2. The maximum Gasteiger partial charge on any atom is 0.342 e. The van der Waals surface area contributed by atoms with Crippen LogP contribution in [0.3, 0.4) is 0 Å². The molecule has 9 heteroatoms. The minimum Gasteiger partial charge on any atom is -0.462 e. The van der Waals surface area contributed by atoms with Gasteiger partial charge in [-0.15, -0.1) is 0 Å². The largest absolute Gasteiger partial charge is 0.462 e. The van der Waals surface area contributed by atoms with Gasteiger partial charge in [0.15, 0.2) is 14.9 Å². The molecule has 0 bridgehead atoms. The highest BCUT2D eigenvalue weighted by molar-refractivity contribution is 7.91. The average Bonchev–Trinajstić information content (AvgIpc) is 2.71. The number of carbonyl (C=O) groups is 1. The Morgan fingerprint density at radius 3 is 2.70 bits per heavy atom. The number of esters is 1. The summed E-state index contributed by atoms with van der Waals surface area (Å²) in [5, 5.41) is 3.37. The van der Waals surface area contributed by atoms with Crippen LogP contribution in [0, 0.1) is 0 Å². The summed E-state index contributed by atoms with van der Waals surface area (Å²) in [4.78, 5) is 11.6. The predicted octanol–water partition coefficient (Wildman–Crippen LogP) is 1.54. The first-order valence-electron chi connectivity index (χ1n) is 5.72. The Hall–Kier alpha value is -1.77. The van der Waals surface area contributed by atoms with E-state index in [1.165, 1.54) is 7.05 Å². The summed E-state index contributed by atoms with van der Waals surface area (Å²) in [6, 6.07) is 0. The van der Waals surface area contributed by atoms with Gasteiger partial charge < -0.3 is 4.74 Å². The molecule has 0 unspecified atom stereocenters. The fourth-order valence-corrected chi connectivity index (χ4v) is 3.11. The number of nitrogens with zero attached hydrogens (tertiary/aromatic N) is 2. The second-order valence-corrected chi connectivity index (χ2v) is 5.83. The first kappa shape index (κ1) is 16.3. The number of halogens is 2. The van der Waals surface area contributed by atoms with Gasteiger partial charge in [-0.25, -0.2) is 13.2 Å². The second kappa shape index (κ2) is 6.60. The summed E-state index contributed by atoms with van der Waals surface area (Å²) in [6.07, 6.45) is -0.706. The Labute approximate surface area is 115 Å². The van der Waals surface area contributed by atoms with E-state index in [2.05, 4.69) is 5.10 Å². The van der Waals surface area contributed by atoms with E-state index >= 15 is 0 Å². The van der Waals surface area contributed by atoms with Crippen LogP contribution >= 0.6 is 0 Å². The smallest absolute Gasteiger partial charge is 0.342 e. The summed E-state index contributed by atoms with van der Waals surface area (Å²) in [6.45, 7) is 1.67. The van der Waals surface area contributed by atoms with Crippen LogP contribution in [0.2, 0.25) is 0 Å². The van der Waals surface area contributed by atoms with Gasteiger partial charge in [-0.3, -0.25) is 4.68 Å². The summed E-state index contributed by atoms with van der Waals surface area (Å²) in [5.74, 6) is -1.36. The number of ether oxygens (including phenoxy) is 1. The number of aryl methyl sites for hydroxylation is 1. The Bertz CT molecular complexity index is 618. The molecule has 1 rings (SSSR count). The first-order chi connectivity index (χ1) is 9.29. The number of aromatic nitrogens is 2. The third-order valence-electron chi connectivity index (χ3n) is 2.36. The molecule has 0 saturated heterocycles. The summed E-state index contributed by atoms with van der Waals surface area (Å²) < 4.78 is 53.7. The van der Waals surface area contributed by atoms with Crippen LogP contribution in [-0.4, -0.2) is 36.5 Å². The predicted molar refractivity (Wildman–Crippen MR) is 66.1 cm³/mol. The van der Waals surface area contributed by atoms with Crippen molar-refractivity contribution in [1.29, 1.82) is 0 Å². The van der Waals surface area contributed by atoms with Gasteiger partial charge in [0, 0.05) is 7.05 Å². The van der Waals surface area contributed by atoms with Gasteiger partial charge in [-0.1, -0.05) is 0 Å². The quantitative estimate of drug-likeness (QED) is 0.745. The highest BCUT2D eigenvalue weighted by Gasteiger charge is 2.27. The number of rotatable bonds is 6. The third-order valence-corrected chi connectivity index (χ3v) is 4.21. The monoisotopic (exact) mass is 308 g/mol. The highest BCUT2D eigenvalue weighted by atomic mass is 32.2. The third kappa shape index (κ3) is 3.86. The molecular formula is C11H14F2N2O4S. The van der Waals surface area contributed by atoms with Crippen LogP contribution < -0.4 is 0 Å². The van der Waals surface area contributed by atoms with E-state index in [-0.39, 0.29) is 23.6 Å². The van der Waals surface area contributed by atoms with E-state index < -0.39 is 27.6 Å². The zero-order valence-corrected chi connectivity index (χ0v) is 11.8. The summed E-state index contributed by atoms with van der Waals surface area (Å²) in [5.41, 5.74) is -0.195. The van der Waals surface area contributed by atoms with E-state index in [1.54, 1.807) is 6.92 Å². The topological polar surface area (TPSA) is 78.3 Å². The van der Waals surface area contributed by atoms with Gasteiger partial charge in [0.1, 0.15) is 5.56 Å². The maximum atomic E-state index is 12.1. The van der Waals surface area contributed by atoms with Crippen molar-refractivity contribution in [3.8, 4) is 0 Å². The van der Waals surface area contributed by atoms with E-state index in [4.69, 9.17) is 4.74 Å². The van der Waals surface area contributed by atoms with Crippen molar-refractivity contribution >= 4 is 15.8 Å². The second-order valence-electron chi connectivity index (χ2n) is 3.81. The minimum absolute atomic E-state index is 0.0863. The van der Waals surface area contributed by atoms with Crippen LogP contribution in [0.1, 0.15) is 23.7 Å². The fourth-order valence-electron chi connectivity index (χ4n) is 1.56. The molecule has 0 N–H and O–H groups in total. The molecule has 1 aromatic heterocycles. The molecule has 0 fully saturated rings. The van der Waals surface area contributed by atoms with E-state index in [0.29, 0.717) is 6.08 Å². The molecule has 1 heterocycles. The average molecular weight is 308 g/mol. The van der Waals surface area contributed by atoms with Gasteiger partial charge in [-0.05, 0) is 19.4 Å². The molecule has 6 nitrogen and oxygen atoms in total. The molecule has 0 aromatic carbocycles. The first-order valence-corrected chi connectivity index (χ1v) is 7.38. The molecule has 0 saturated carbocycles. The molecular weight excluding hydrogens is 294 g/mol. The molecule has 0 aliphatic carbocycles. The molecule has 20 heavy (non-hydrogen) atoms. The van der Waals surface area contributed by atoms with Gasteiger partial charge in [0.25, 0.3) is 6.08 Å². The van der Waals surface area contributed by atoms with E-state index in [0.717, 1.165) is 10.9 Å². The molecule has 0 spiro atoms. The molecule has 0 aliphatic heterocycles. The molecule has 1 aromatic rings. The van der Waals surface area contributed by atoms with Gasteiger partial charge in [0.05, 0.1) is 18.6 Å². The standard InChI is InChI=1S/C11H14F2N2O4S/c1-3-19-11(16)8-7-14-15(2)10(8)20(17,18)6-4-5-9(12)13/h5,7H,3-4,6H2,1-2H3. The summed E-state index contributed by atoms with van der Waals surface area (Å²) in [7, 11) is -2.57. The van der Waals surface area contributed by atoms with Crippen LogP contribution in [0.5, 0.6) is 0 Å². The lowest BCUT2D eigenvalue weighted by Gasteiger charge is -2.06. The van der Waals surface area contributed by atoms with Gasteiger partial charge in [-0.2, -0.15) is 13.9 Å². The number of sulfone groups is 1. The van der Waals surface area contributed by atoms with E-state index in [1.807, 2.05) is 0 Å². The lowest BCUT2D eigenvalue weighted by atomic mass is 10.4. The molecule has 0 aliphatic rings. The van der Waals surface area contributed by atoms with Crippen molar-refractivity contribution in [3.63, 3.8) is 0 Å². The van der Waals surface area contributed by atoms with Gasteiger partial charge in [0.2, 0.25) is 0 Å².